The summed E-state index contributed by atoms with van der Waals surface area (Å²) in [7, 11) is 1.51. The Kier molecular flexibility index (Phi) is 6.24. The zero-order valence-electron chi connectivity index (χ0n) is 14.9. The Morgan fingerprint density at radius 2 is 1.81 bits per heavy atom. The first-order chi connectivity index (χ1) is 13.0. The summed E-state index contributed by atoms with van der Waals surface area (Å²) in [5.74, 6) is 0.315. The number of ether oxygens (including phenoxy) is 1. The maximum absolute atomic E-state index is 12.6. The van der Waals surface area contributed by atoms with E-state index in [0.29, 0.717) is 27.0 Å². The molecule has 0 saturated carbocycles. The van der Waals surface area contributed by atoms with Gasteiger partial charge < -0.3 is 15.0 Å². The van der Waals surface area contributed by atoms with Crippen LogP contribution in [0.5, 0.6) is 5.75 Å². The van der Waals surface area contributed by atoms with Gasteiger partial charge in [-0.25, -0.2) is 0 Å². The van der Waals surface area contributed by atoms with Crippen LogP contribution in [-0.4, -0.2) is 32.4 Å². The highest BCUT2D eigenvalue weighted by Crippen LogP contribution is 2.34. The minimum atomic E-state index is -0.0896. The van der Waals surface area contributed by atoms with Gasteiger partial charge in [0.15, 0.2) is 0 Å². The number of carbonyl (C=O) groups is 2. The van der Waals surface area contributed by atoms with Gasteiger partial charge in [0.25, 0.3) is 0 Å². The fourth-order valence-corrected chi connectivity index (χ4v) is 3.69. The van der Waals surface area contributed by atoms with E-state index in [-0.39, 0.29) is 11.8 Å². The lowest BCUT2D eigenvalue weighted by atomic mass is 9.95. The number of hydrogen-bond donors (Lipinski definition) is 1. The minimum absolute atomic E-state index is 0.0581. The number of amides is 1. The fourth-order valence-electron chi connectivity index (χ4n) is 3.18. The molecule has 0 aliphatic carbocycles. The second kappa shape index (κ2) is 8.63. The van der Waals surface area contributed by atoms with Gasteiger partial charge in [0, 0.05) is 36.3 Å². The molecule has 0 spiro atoms. The zero-order valence-corrected chi connectivity index (χ0v) is 16.4. The summed E-state index contributed by atoms with van der Waals surface area (Å²) in [6.07, 6.45) is 2.31. The Hall–Kier alpha value is -2.24. The molecule has 3 rings (SSSR count). The molecule has 2 aromatic carbocycles. The number of nitrogens with zero attached hydrogens (tertiary/aromatic N) is 1. The molecule has 0 bridgehead atoms. The van der Waals surface area contributed by atoms with Gasteiger partial charge in [-0.1, -0.05) is 23.2 Å². The summed E-state index contributed by atoms with van der Waals surface area (Å²) in [4.78, 5) is 25.6. The van der Waals surface area contributed by atoms with Crippen LogP contribution in [0.3, 0.4) is 0 Å². The molecule has 1 aliphatic rings. The lowest BCUT2D eigenvalue weighted by Gasteiger charge is -2.33. The van der Waals surface area contributed by atoms with Crippen LogP contribution >= 0.6 is 23.2 Å². The third-order valence-corrected chi connectivity index (χ3v) is 5.37. The van der Waals surface area contributed by atoms with Crippen molar-refractivity contribution in [2.75, 3.05) is 30.4 Å². The normalized spacial score (nSPS) is 14.7. The number of nitrogens with one attached hydrogen (secondary N) is 1. The molecular formula is C20H20Cl2N2O3. The molecule has 1 aliphatic heterocycles. The first-order valence-electron chi connectivity index (χ1n) is 8.66. The Morgan fingerprint density at radius 3 is 2.41 bits per heavy atom. The second-order valence-corrected chi connectivity index (χ2v) is 7.24. The van der Waals surface area contributed by atoms with Gasteiger partial charge in [0.05, 0.1) is 22.8 Å². The SMILES string of the molecule is COc1cc(NC(=O)C2CCN(c3ccc(C=O)cc3)CC2)c(Cl)cc1Cl. The van der Waals surface area contributed by atoms with Crippen LogP contribution in [-0.2, 0) is 4.79 Å². The number of rotatable bonds is 5. The van der Waals surface area contributed by atoms with Crippen LogP contribution in [0, 0.1) is 5.92 Å². The molecule has 0 unspecified atom stereocenters. The van der Waals surface area contributed by atoms with E-state index in [9.17, 15) is 9.59 Å². The highest BCUT2D eigenvalue weighted by molar-refractivity contribution is 6.37. The summed E-state index contributed by atoms with van der Waals surface area (Å²) in [5, 5.41) is 3.66. The molecule has 1 N–H and O–H groups in total. The number of anilines is 2. The highest BCUT2D eigenvalue weighted by Gasteiger charge is 2.26. The predicted octanol–water partition coefficient (Wildman–Crippen LogP) is 4.67. The Labute approximate surface area is 168 Å². The number of piperidine rings is 1. The largest absolute Gasteiger partial charge is 0.495 e. The van der Waals surface area contributed by atoms with E-state index in [0.717, 1.165) is 37.9 Å². The third-order valence-electron chi connectivity index (χ3n) is 4.76. The van der Waals surface area contributed by atoms with Gasteiger partial charge >= 0.3 is 0 Å². The van der Waals surface area contributed by atoms with Gasteiger partial charge in [0.1, 0.15) is 12.0 Å². The minimum Gasteiger partial charge on any atom is -0.495 e. The van der Waals surface area contributed by atoms with Crippen LogP contribution in [0.25, 0.3) is 0 Å². The first kappa shape index (κ1) is 19.5. The molecule has 1 heterocycles. The van der Waals surface area contributed by atoms with Crippen molar-refractivity contribution in [3.8, 4) is 5.75 Å². The summed E-state index contributed by atoms with van der Waals surface area (Å²) in [5.41, 5.74) is 2.21. The lowest BCUT2D eigenvalue weighted by Crippen LogP contribution is -2.38. The lowest BCUT2D eigenvalue weighted by molar-refractivity contribution is -0.120. The molecule has 2 aromatic rings. The van der Waals surface area contributed by atoms with Crippen molar-refractivity contribution in [1.82, 2.24) is 0 Å². The second-order valence-electron chi connectivity index (χ2n) is 6.43. The Bertz CT molecular complexity index is 832. The maximum Gasteiger partial charge on any atom is 0.227 e. The van der Waals surface area contributed by atoms with Crippen LogP contribution in [0.4, 0.5) is 11.4 Å². The van der Waals surface area contributed by atoms with Gasteiger partial charge in [-0.3, -0.25) is 9.59 Å². The molecule has 27 heavy (non-hydrogen) atoms. The van der Waals surface area contributed by atoms with Crippen molar-refractivity contribution in [1.29, 1.82) is 0 Å². The van der Waals surface area contributed by atoms with Crippen molar-refractivity contribution in [2.45, 2.75) is 12.8 Å². The van der Waals surface area contributed by atoms with Crippen LogP contribution in [0.15, 0.2) is 36.4 Å². The molecule has 1 saturated heterocycles. The van der Waals surface area contributed by atoms with Crippen LogP contribution in [0.2, 0.25) is 10.0 Å². The maximum atomic E-state index is 12.6. The third kappa shape index (κ3) is 4.54. The molecule has 0 atom stereocenters. The molecular weight excluding hydrogens is 387 g/mol. The summed E-state index contributed by atoms with van der Waals surface area (Å²) >= 11 is 12.2. The number of methoxy groups -OCH3 is 1. The highest BCUT2D eigenvalue weighted by atomic mass is 35.5. The summed E-state index contributed by atoms with van der Waals surface area (Å²) in [6.45, 7) is 1.55. The smallest absolute Gasteiger partial charge is 0.227 e. The molecule has 0 aromatic heterocycles. The van der Waals surface area contributed by atoms with Crippen molar-refractivity contribution in [2.24, 2.45) is 5.92 Å². The Morgan fingerprint density at radius 1 is 1.15 bits per heavy atom. The van der Waals surface area contributed by atoms with E-state index in [1.54, 1.807) is 24.3 Å². The number of aldehydes is 1. The zero-order chi connectivity index (χ0) is 19.4. The average molecular weight is 407 g/mol. The van der Waals surface area contributed by atoms with Crippen LogP contribution < -0.4 is 15.0 Å². The standard InChI is InChI=1S/C20H20Cl2N2O3/c1-27-19-11-18(16(21)10-17(19)22)23-20(26)14-6-8-24(9-7-14)15-4-2-13(12-25)3-5-15/h2-5,10-12,14H,6-9H2,1H3,(H,23,26). The van der Waals surface area contributed by atoms with E-state index < -0.39 is 0 Å². The van der Waals surface area contributed by atoms with Crippen molar-refractivity contribution in [3.63, 3.8) is 0 Å². The van der Waals surface area contributed by atoms with Crippen molar-refractivity contribution < 1.29 is 14.3 Å². The fraction of sp³-hybridized carbons (Fsp3) is 0.300. The predicted molar refractivity (Wildman–Crippen MR) is 108 cm³/mol. The van der Waals surface area contributed by atoms with Crippen LogP contribution in [0.1, 0.15) is 23.2 Å². The van der Waals surface area contributed by atoms with E-state index in [4.69, 9.17) is 27.9 Å². The molecule has 1 fully saturated rings. The number of carbonyl (C=O) groups excluding carboxylic acids is 2. The van der Waals surface area contributed by atoms with Crippen molar-refractivity contribution in [3.05, 3.63) is 52.0 Å². The van der Waals surface area contributed by atoms with E-state index in [1.165, 1.54) is 7.11 Å². The summed E-state index contributed by atoms with van der Waals surface area (Å²) < 4.78 is 5.18. The first-order valence-corrected chi connectivity index (χ1v) is 9.41. The molecule has 7 heteroatoms. The molecule has 1 amide bonds. The summed E-state index contributed by atoms with van der Waals surface area (Å²) in [6, 6.07) is 10.7. The molecule has 5 nitrogen and oxygen atoms in total. The average Bonchev–Trinajstić information content (AvgIpc) is 2.70. The quantitative estimate of drug-likeness (QED) is 0.732. The topological polar surface area (TPSA) is 58.6 Å². The van der Waals surface area contributed by atoms with Gasteiger partial charge in [-0.05, 0) is 43.2 Å². The monoisotopic (exact) mass is 406 g/mol. The van der Waals surface area contributed by atoms with E-state index in [1.807, 2.05) is 12.1 Å². The molecule has 142 valence electrons. The number of halogens is 2. The number of benzene rings is 2. The van der Waals surface area contributed by atoms with Crippen molar-refractivity contribution >= 4 is 46.8 Å². The van der Waals surface area contributed by atoms with Gasteiger partial charge in [-0.15, -0.1) is 0 Å². The molecule has 0 radical (unpaired) electrons. The van der Waals surface area contributed by atoms with E-state index in [2.05, 4.69) is 10.2 Å². The van der Waals surface area contributed by atoms with Gasteiger partial charge in [-0.2, -0.15) is 0 Å². The Balaban J connectivity index is 1.60. The van der Waals surface area contributed by atoms with Gasteiger partial charge in [0.2, 0.25) is 5.91 Å². The van der Waals surface area contributed by atoms with E-state index >= 15 is 0 Å². The number of hydrogen-bond acceptors (Lipinski definition) is 4.